The van der Waals surface area contributed by atoms with E-state index in [9.17, 15) is 0 Å². The SMILES string of the molecule is C#CCN(CCO)Cc1ccc(OC)cc1OC. The Morgan fingerprint density at radius 2 is 2.11 bits per heavy atom. The van der Waals surface area contributed by atoms with Crippen molar-refractivity contribution in [2.24, 2.45) is 0 Å². The van der Waals surface area contributed by atoms with Gasteiger partial charge in [-0.3, -0.25) is 4.90 Å². The van der Waals surface area contributed by atoms with E-state index >= 15 is 0 Å². The molecule has 0 atom stereocenters. The highest BCUT2D eigenvalue weighted by atomic mass is 16.5. The first-order valence-electron chi connectivity index (χ1n) is 5.72. The van der Waals surface area contributed by atoms with E-state index in [0.29, 0.717) is 19.6 Å². The molecule has 0 amide bonds. The van der Waals surface area contributed by atoms with E-state index in [1.807, 2.05) is 23.1 Å². The third-order valence-corrected chi connectivity index (χ3v) is 2.62. The second-order valence-electron chi connectivity index (χ2n) is 3.82. The highest BCUT2D eigenvalue weighted by Gasteiger charge is 2.09. The van der Waals surface area contributed by atoms with E-state index < -0.39 is 0 Å². The van der Waals surface area contributed by atoms with Crippen LogP contribution in [0.4, 0.5) is 0 Å². The van der Waals surface area contributed by atoms with Crippen LogP contribution in [0.25, 0.3) is 0 Å². The molecule has 0 aliphatic heterocycles. The molecule has 0 fully saturated rings. The molecule has 0 aromatic heterocycles. The Balaban J connectivity index is 2.84. The van der Waals surface area contributed by atoms with Crippen LogP contribution in [0.1, 0.15) is 5.56 Å². The quantitative estimate of drug-likeness (QED) is 0.736. The summed E-state index contributed by atoms with van der Waals surface area (Å²) in [5.74, 6) is 4.09. The van der Waals surface area contributed by atoms with Gasteiger partial charge in [0.05, 0.1) is 27.4 Å². The van der Waals surface area contributed by atoms with Gasteiger partial charge in [-0.2, -0.15) is 0 Å². The summed E-state index contributed by atoms with van der Waals surface area (Å²) in [4.78, 5) is 1.98. The highest BCUT2D eigenvalue weighted by Crippen LogP contribution is 2.25. The van der Waals surface area contributed by atoms with Crippen LogP contribution in [0.3, 0.4) is 0 Å². The maximum Gasteiger partial charge on any atom is 0.127 e. The number of ether oxygens (including phenoxy) is 2. The average Bonchev–Trinajstić information content (AvgIpc) is 2.39. The Bertz CT molecular complexity index is 412. The first-order chi connectivity index (χ1) is 8.74. The van der Waals surface area contributed by atoms with Crippen molar-refractivity contribution in [1.82, 2.24) is 4.90 Å². The largest absolute Gasteiger partial charge is 0.497 e. The lowest BCUT2D eigenvalue weighted by atomic mass is 10.1. The summed E-state index contributed by atoms with van der Waals surface area (Å²) < 4.78 is 10.5. The molecular formula is C14H19NO3. The van der Waals surface area contributed by atoms with Crippen molar-refractivity contribution < 1.29 is 14.6 Å². The van der Waals surface area contributed by atoms with E-state index in [0.717, 1.165) is 17.1 Å². The van der Waals surface area contributed by atoms with Crippen molar-refractivity contribution in [2.75, 3.05) is 33.9 Å². The van der Waals surface area contributed by atoms with E-state index in [2.05, 4.69) is 5.92 Å². The lowest BCUT2D eigenvalue weighted by molar-refractivity contribution is 0.204. The summed E-state index contributed by atoms with van der Waals surface area (Å²) in [7, 11) is 3.24. The van der Waals surface area contributed by atoms with Crippen LogP contribution in [0.15, 0.2) is 18.2 Å². The Morgan fingerprint density at radius 3 is 2.67 bits per heavy atom. The van der Waals surface area contributed by atoms with Crippen LogP contribution in [0, 0.1) is 12.3 Å². The van der Waals surface area contributed by atoms with Gasteiger partial charge in [-0.15, -0.1) is 6.42 Å². The van der Waals surface area contributed by atoms with Gasteiger partial charge in [0.1, 0.15) is 11.5 Å². The molecule has 1 rings (SSSR count). The van der Waals surface area contributed by atoms with Crippen molar-refractivity contribution >= 4 is 0 Å². The van der Waals surface area contributed by atoms with Gasteiger partial charge in [0.15, 0.2) is 0 Å². The number of nitrogens with zero attached hydrogens (tertiary/aromatic N) is 1. The molecule has 1 aromatic carbocycles. The minimum atomic E-state index is 0.0835. The summed E-state index contributed by atoms with van der Waals surface area (Å²) in [6.07, 6.45) is 5.30. The molecule has 4 heteroatoms. The molecule has 0 aliphatic carbocycles. The molecule has 0 bridgehead atoms. The van der Waals surface area contributed by atoms with Gasteiger partial charge < -0.3 is 14.6 Å². The van der Waals surface area contributed by atoms with Crippen LogP contribution < -0.4 is 9.47 Å². The van der Waals surface area contributed by atoms with Crippen molar-refractivity contribution in [3.05, 3.63) is 23.8 Å². The molecule has 0 heterocycles. The molecule has 0 spiro atoms. The zero-order chi connectivity index (χ0) is 13.4. The lowest BCUT2D eigenvalue weighted by Crippen LogP contribution is -2.27. The van der Waals surface area contributed by atoms with Crippen molar-refractivity contribution in [3.63, 3.8) is 0 Å². The lowest BCUT2D eigenvalue weighted by Gasteiger charge is -2.20. The van der Waals surface area contributed by atoms with Crippen LogP contribution in [-0.4, -0.2) is 43.9 Å². The summed E-state index contributed by atoms with van der Waals surface area (Å²) in [5.41, 5.74) is 1.02. The van der Waals surface area contributed by atoms with Crippen LogP contribution in [-0.2, 0) is 6.54 Å². The maximum absolute atomic E-state index is 8.99. The summed E-state index contributed by atoms with van der Waals surface area (Å²) in [6, 6.07) is 5.66. The second kappa shape index (κ2) is 7.59. The number of hydrogen-bond donors (Lipinski definition) is 1. The third kappa shape index (κ3) is 3.95. The normalized spacial score (nSPS) is 10.2. The fraction of sp³-hybridized carbons (Fsp3) is 0.429. The highest BCUT2D eigenvalue weighted by molar-refractivity contribution is 5.40. The zero-order valence-corrected chi connectivity index (χ0v) is 10.8. The molecule has 1 aromatic rings. The summed E-state index contributed by atoms with van der Waals surface area (Å²) >= 11 is 0. The van der Waals surface area contributed by atoms with Gasteiger partial charge in [0.25, 0.3) is 0 Å². The van der Waals surface area contributed by atoms with Crippen molar-refractivity contribution in [2.45, 2.75) is 6.54 Å². The van der Waals surface area contributed by atoms with Crippen LogP contribution in [0.2, 0.25) is 0 Å². The molecule has 0 radical (unpaired) electrons. The Morgan fingerprint density at radius 1 is 1.33 bits per heavy atom. The fourth-order valence-electron chi connectivity index (χ4n) is 1.71. The average molecular weight is 249 g/mol. The van der Waals surface area contributed by atoms with Gasteiger partial charge >= 0.3 is 0 Å². The monoisotopic (exact) mass is 249 g/mol. The molecule has 4 nitrogen and oxygen atoms in total. The molecule has 0 saturated heterocycles. The van der Waals surface area contributed by atoms with Gasteiger partial charge in [0, 0.05) is 24.7 Å². The number of rotatable bonds is 7. The third-order valence-electron chi connectivity index (χ3n) is 2.62. The van der Waals surface area contributed by atoms with Crippen molar-refractivity contribution in [1.29, 1.82) is 0 Å². The standard InChI is InChI=1S/C14H19NO3/c1-4-7-15(8-9-16)11-12-5-6-13(17-2)10-14(12)18-3/h1,5-6,10,16H,7-9,11H2,2-3H3. The number of benzene rings is 1. The number of terminal acetylenes is 1. The molecule has 0 saturated carbocycles. The molecule has 18 heavy (non-hydrogen) atoms. The number of aliphatic hydroxyl groups excluding tert-OH is 1. The first-order valence-corrected chi connectivity index (χ1v) is 5.72. The Labute approximate surface area is 108 Å². The molecular weight excluding hydrogens is 230 g/mol. The van der Waals surface area contributed by atoms with E-state index in [4.69, 9.17) is 21.0 Å². The topological polar surface area (TPSA) is 41.9 Å². The number of methoxy groups -OCH3 is 2. The summed E-state index contributed by atoms with van der Waals surface area (Å²) in [6.45, 7) is 1.76. The number of hydrogen-bond acceptors (Lipinski definition) is 4. The fourth-order valence-corrected chi connectivity index (χ4v) is 1.71. The maximum atomic E-state index is 8.99. The number of aliphatic hydroxyl groups is 1. The van der Waals surface area contributed by atoms with E-state index in [1.54, 1.807) is 14.2 Å². The van der Waals surface area contributed by atoms with Gasteiger partial charge in [0.2, 0.25) is 0 Å². The minimum absolute atomic E-state index is 0.0835. The van der Waals surface area contributed by atoms with Gasteiger partial charge in [-0.25, -0.2) is 0 Å². The zero-order valence-electron chi connectivity index (χ0n) is 10.8. The van der Waals surface area contributed by atoms with Crippen LogP contribution >= 0.6 is 0 Å². The molecule has 98 valence electrons. The first kappa shape index (κ1) is 14.4. The van der Waals surface area contributed by atoms with Crippen LogP contribution in [0.5, 0.6) is 11.5 Å². The van der Waals surface area contributed by atoms with Crippen molar-refractivity contribution in [3.8, 4) is 23.8 Å². The summed E-state index contributed by atoms with van der Waals surface area (Å²) in [5, 5.41) is 8.99. The molecule has 1 N–H and O–H groups in total. The van der Waals surface area contributed by atoms with Gasteiger partial charge in [-0.1, -0.05) is 12.0 Å². The molecule has 0 unspecified atom stereocenters. The Hall–Kier alpha value is -1.70. The second-order valence-corrected chi connectivity index (χ2v) is 3.82. The van der Waals surface area contributed by atoms with E-state index in [1.165, 1.54) is 0 Å². The minimum Gasteiger partial charge on any atom is -0.497 e. The Kier molecular flexibility index (Phi) is 6.06. The van der Waals surface area contributed by atoms with Gasteiger partial charge in [-0.05, 0) is 6.07 Å². The smallest absolute Gasteiger partial charge is 0.127 e. The predicted octanol–water partition coefficient (Wildman–Crippen LogP) is 1.13. The predicted molar refractivity (Wildman–Crippen MR) is 70.7 cm³/mol. The van der Waals surface area contributed by atoms with E-state index in [-0.39, 0.29) is 6.61 Å². The molecule has 0 aliphatic rings.